The Balaban J connectivity index is 1.52. The van der Waals surface area contributed by atoms with Crippen molar-refractivity contribution in [3.05, 3.63) is 42.2 Å². The van der Waals surface area contributed by atoms with E-state index in [0.29, 0.717) is 17.2 Å². The van der Waals surface area contributed by atoms with Crippen molar-refractivity contribution in [2.45, 2.75) is 44.8 Å². The van der Waals surface area contributed by atoms with Crippen molar-refractivity contribution in [1.29, 1.82) is 0 Å². The number of hydrogen-bond donors (Lipinski definition) is 2. The Kier molecular flexibility index (Phi) is 5.05. The summed E-state index contributed by atoms with van der Waals surface area (Å²) < 4.78 is 6.88. The van der Waals surface area contributed by atoms with Crippen LogP contribution in [0.3, 0.4) is 0 Å². The third kappa shape index (κ3) is 4.09. The van der Waals surface area contributed by atoms with Gasteiger partial charge in [0.2, 0.25) is 0 Å². The van der Waals surface area contributed by atoms with Crippen LogP contribution in [0.4, 0.5) is 5.13 Å². The number of pyridine rings is 1. The van der Waals surface area contributed by atoms with Crippen molar-refractivity contribution in [2.24, 2.45) is 0 Å². The van der Waals surface area contributed by atoms with E-state index in [1.54, 1.807) is 29.7 Å². The first-order valence-corrected chi connectivity index (χ1v) is 9.90. The lowest BCUT2D eigenvalue weighted by atomic mass is 9.93. The topological polar surface area (TPSA) is 84.3 Å². The van der Waals surface area contributed by atoms with Crippen molar-refractivity contribution >= 4 is 32.5 Å². The fourth-order valence-electron chi connectivity index (χ4n) is 3.27. The number of fused-ring (bicyclic) bond motifs is 1. The van der Waals surface area contributed by atoms with Crippen LogP contribution in [0.2, 0.25) is 0 Å². The largest absolute Gasteiger partial charge is 0.457 e. The lowest BCUT2D eigenvalue weighted by molar-refractivity contribution is 0.101. The first-order chi connectivity index (χ1) is 13.1. The quantitative estimate of drug-likeness (QED) is 0.635. The molecule has 0 amide bonds. The Labute approximate surface area is 161 Å². The number of rotatable bonds is 5. The average molecular weight is 383 g/mol. The molecule has 27 heavy (non-hydrogen) atoms. The van der Waals surface area contributed by atoms with Gasteiger partial charge in [-0.2, -0.15) is 0 Å². The number of hydrogen-bond acceptors (Lipinski definition) is 7. The van der Waals surface area contributed by atoms with Gasteiger partial charge in [-0.1, -0.05) is 24.2 Å². The minimum absolute atomic E-state index is 0.0665. The van der Waals surface area contributed by atoms with Crippen LogP contribution in [-0.2, 0) is 0 Å². The number of aromatic nitrogens is 2. The molecule has 3 aromatic rings. The molecular formula is C20H21N3O3S. The van der Waals surface area contributed by atoms with Gasteiger partial charge in [-0.15, -0.1) is 0 Å². The van der Waals surface area contributed by atoms with E-state index in [0.717, 1.165) is 41.0 Å². The zero-order chi connectivity index (χ0) is 18.8. The van der Waals surface area contributed by atoms with Gasteiger partial charge in [0.25, 0.3) is 0 Å². The molecule has 0 radical (unpaired) electrons. The summed E-state index contributed by atoms with van der Waals surface area (Å²) in [5, 5.41) is 14.3. The molecular weight excluding hydrogens is 362 g/mol. The van der Waals surface area contributed by atoms with Gasteiger partial charge >= 0.3 is 0 Å². The molecule has 0 bridgehead atoms. The van der Waals surface area contributed by atoms with Crippen molar-refractivity contribution in [3.8, 4) is 11.5 Å². The maximum absolute atomic E-state index is 11.5. The Bertz CT molecular complexity index is 972. The lowest BCUT2D eigenvalue weighted by Crippen LogP contribution is -2.36. The van der Waals surface area contributed by atoms with Gasteiger partial charge in [-0.05, 0) is 31.0 Å². The summed E-state index contributed by atoms with van der Waals surface area (Å²) in [7, 11) is 0. The molecule has 2 aromatic heterocycles. The highest BCUT2D eigenvalue weighted by molar-refractivity contribution is 7.22. The van der Waals surface area contributed by atoms with E-state index in [9.17, 15) is 9.90 Å². The zero-order valence-electron chi connectivity index (χ0n) is 15.0. The van der Waals surface area contributed by atoms with Crippen LogP contribution < -0.4 is 10.1 Å². The summed E-state index contributed by atoms with van der Waals surface area (Å²) in [5.74, 6) is 1.15. The first-order valence-electron chi connectivity index (χ1n) is 9.08. The Morgan fingerprint density at radius 3 is 2.85 bits per heavy atom. The molecule has 1 aliphatic rings. The van der Waals surface area contributed by atoms with Gasteiger partial charge in [0.05, 0.1) is 22.4 Å². The number of carbonyl (C=O) groups is 1. The normalized spacial score (nSPS) is 19.8. The van der Waals surface area contributed by atoms with Crippen LogP contribution in [0.25, 0.3) is 10.2 Å². The Morgan fingerprint density at radius 1 is 1.22 bits per heavy atom. The molecule has 1 fully saturated rings. The van der Waals surface area contributed by atoms with E-state index < -0.39 is 0 Å². The number of ketones is 1. The minimum atomic E-state index is -0.313. The second-order valence-electron chi connectivity index (χ2n) is 6.79. The third-order valence-electron chi connectivity index (χ3n) is 4.73. The van der Waals surface area contributed by atoms with E-state index >= 15 is 0 Å². The maximum Gasteiger partial charge on any atom is 0.184 e. The van der Waals surface area contributed by atoms with Crippen molar-refractivity contribution < 1.29 is 14.6 Å². The molecule has 1 aromatic carbocycles. The summed E-state index contributed by atoms with van der Waals surface area (Å²) in [4.78, 5) is 20.1. The summed E-state index contributed by atoms with van der Waals surface area (Å²) in [6.07, 6.45) is 5.27. The fraction of sp³-hybridized carbons (Fsp3) is 0.350. The number of thiazole rings is 1. The smallest absolute Gasteiger partial charge is 0.184 e. The van der Waals surface area contributed by atoms with Crippen LogP contribution >= 0.6 is 11.3 Å². The van der Waals surface area contributed by atoms with E-state index in [2.05, 4.69) is 15.3 Å². The number of Topliss-reactive ketones (excluding diaryl/α,β-unsaturated/α-hetero) is 1. The van der Waals surface area contributed by atoms with E-state index in [4.69, 9.17) is 4.74 Å². The number of anilines is 1. The lowest BCUT2D eigenvalue weighted by Gasteiger charge is -2.27. The minimum Gasteiger partial charge on any atom is -0.457 e. The summed E-state index contributed by atoms with van der Waals surface area (Å²) in [6, 6.07) is 9.13. The Morgan fingerprint density at radius 2 is 2.04 bits per heavy atom. The van der Waals surface area contributed by atoms with Gasteiger partial charge in [0, 0.05) is 25.3 Å². The Hall–Kier alpha value is -2.51. The standard InChI is InChI=1S/C20H21N3O3S/c1-12(24)17-10-14(8-9-21-17)26-13-6-7-16-19(11-13)27-20(23-16)22-15-4-2-3-5-18(15)25/h6-11,15,18,25H,2-5H2,1H3,(H,22,23)/t15-,18-/m1/s1. The highest BCUT2D eigenvalue weighted by Gasteiger charge is 2.23. The number of benzene rings is 1. The van der Waals surface area contributed by atoms with Gasteiger partial charge in [-0.25, -0.2) is 4.98 Å². The first kappa shape index (κ1) is 17.9. The molecule has 2 heterocycles. The number of nitrogens with zero attached hydrogens (tertiary/aromatic N) is 2. The SMILES string of the molecule is CC(=O)c1cc(Oc2ccc3nc(N[C@@H]4CCCC[C@H]4O)sc3c2)ccn1. The zero-order valence-corrected chi connectivity index (χ0v) is 15.8. The molecule has 2 atom stereocenters. The molecule has 0 unspecified atom stereocenters. The fourth-order valence-corrected chi connectivity index (χ4v) is 4.23. The van der Waals surface area contributed by atoms with Crippen LogP contribution in [0.15, 0.2) is 36.5 Å². The molecule has 1 aliphatic carbocycles. The second-order valence-corrected chi connectivity index (χ2v) is 7.82. The number of carbonyl (C=O) groups excluding carboxylic acids is 1. The molecule has 0 saturated heterocycles. The number of aliphatic hydroxyl groups excluding tert-OH is 1. The van der Waals surface area contributed by atoms with E-state index in [1.165, 1.54) is 6.92 Å². The number of aliphatic hydroxyl groups is 1. The van der Waals surface area contributed by atoms with Crippen LogP contribution in [0, 0.1) is 0 Å². The molecule has 140 valence electrons. The second kappa shape index (κ2) is 7.62. The van der Waals surface area contributed by atoms with Gasteiger partial charge in [-0.3, -0.25) is 9.78 Å². The van der Waals surface area contributed by atoms with Gasteiger partial charge in [0.15, 0.2) is 10.9 Å². The summed E-state index contributed by atoms with van der Waals surface area (Å²) in [6.45, 7) is 1.48. The highest BCUT2D eigenvalue weighted by Crippen LogP contribution is 2.33. The molecule has 6 nitrogen and oxygen atoms in total. The third-order valence-corrected chi connectivity index (χ3v) is 5.68. The molecule has 0 spiro atoms. The average Bonchev–Trinajstić information content (AvgIpc) is 3.05. The van der Waals surface area contributed by atoms with Crippen molar-refractivity contribution in [3.63, 3.8) is 0 Å². The number of ether oxygens (including phenoxy) is 1. The predicted octanol–water partition coefficient (Wildman–Crippen LogP) is 4.40. The monoisotopic (exact) mass is 383 g/mol. The summed E-state index contributed by atoms with van der Waals surface area (Å²) >= 11 is 1.55. The molecule has 1 saturated carbocycles. The van der Waals surface area contributed by atoms with Gasteiger partial charge in [0.1, 0.15) is 17.2 Å². The summed E-state index contributed by atoms with van der Waals surface area (Å²) in [5.41, 5.74) is 1.27. The van der Waals surface area contributed by atoms with Crippen molar-refractivity contribution in [2.75, 3.05) is 5.32 Å². The molecule has 4 rings (SSSR count). The molecule has 2 N–H and O–H groups in total. The van der Waals surface area contributed by atoms with Crippen LogP contribution in [-0.4, -0.2) is 33.0 Å². The van der Waals surface area contributed by atoms with Crippen LogP contribution in [0.1, 0.15) is 43.1 Å². The predicted molar refractivity (Wildman–Crippen MR) is 106 cm³/mol. The van der Waals surface area contributed by atoms with E-state index in [1.807, 2.05) is 18.2 Å². The highest BCUT2D eigenvalue weighted by atomic mass is 32.1. The maximum atomic E-state index is 11.5. The number of nitrogens with one attached hydrogen (secondary N) is 1. The van der Waals surface area contributed by atoms with E-state index in [-0.39, 0.29) is 17.9 Å². The van der Waals surface area contributed by atoms with Crippen LogP contribution in [0.5, 0.6) is 11.5 Å². The van der Waals surface area contributed by atoms with Crippen molar-refractivity contribution in [1.82, 2.24) is 9.97 Å². The molecule has 7 heteroatoms. The molecule has 0 aliphatic heterocycles. The van der Waals surface area contributed by atoms with Gasteiger partial charge < -0.3 is 15.2 Å².